The average Bonchev–Trinajstić information content (AvgIpc) is 2.18. The Morgan fingerprint density at radius 3 is 3.00 bits per heavy atom. The highest BCUT2D eigenvalue weighted by Crippen LogP contribution is 2.27. The Kier molecular flexibility index (Phi) is 2.44. The summed E-state index contributed by atoms with van der Waals surface area (Å²) in [6.45, 7) is 2.06. The number of aromatic nitrogens is 1. The molecule has 0 radical (unpaired) electrons. The van der Waals surface area contributed by atoms with Crippen molar-refractivity contribution in [3.63, 3.8) is 0 Å². The van der Waals surface area contributed by atoms with Gasteiger partial charge in [-0.15, -0.1) is 0 Å². The van der Waals surface area contributed by atoms with Gasteiger partial charge in [0, 0.05) is 12.3 Å². The third-order valence-corrected chi connectivity index (χ3v) is 2.48. The van der Waals surface area contributed by atoms with Gasteiger partial charge in [-0.1, -0.05) is 12.2 Å². The molecule has 1 aliphatic carbocycles. The van der Waals surface area contributed by atoms with Crippen LogP contribution in [0, 0.1) is 5.95 Å². The first-order valence-corrected chi connectivity index (χ1v) is 4.75. The van der Waals surface area contributed by atoms with E-state index < -0.39 is 5.95 Å². The van der Waals surface area contributed by atoms with E-state index in [1.165, 1.54) is 23.4 Å². The van der Waals surface area contributed by atoms with E-state index >= 15 is 0 Å². The van der Waals surface area contributed by atoms with E-state index in [4.69, 9.17) is 0 Å². The zero-order chi connectivity index (χ0) is 9.97. The first-order valence-electron chi connectivity index (χ1n) is 4.75. The minimum absolute atomic E-state index is 0.405. The van der Waals surface area contributed by atoms with Gasteiger partial charge in [0.25, 0.3) is 0 Å². The van der Waals surface area contributed by atoms with Gasteiger partial charge in [-0.05, 0) is 42.5 Å². The molecule has 1 heterocycles. The van der Waals surface area contributed by atoms with E-state index in [9.17, 15) is 4.39 Å². The van der Waals surface area contributed by atoms with Crippen LogP contribution in [0.2, 0.25) is 0 Å². The third kappa shape index (κ3) is 1.74. The number of pyridine rings is 1. The molecule has 0 N–H and O–H groups in total. The Labute approximate surface area is 83.0 Å². The highest BCUT2D eigenvalue weighted by molar-refractivity contribution is 5.71. The number of hydrogen-bond acceptors (Lipinski definition) is 1. The number of rotatable bonds is 1. The summed E-state index contributed by atoms with van der Waals surface area (Å²) in [5, 5.41) is 0. The minimum atomic E-state index is -0.405. The Hall–Kier alpha value is -1.44. The van der Waals surface area contributed by atoms with Crippen molar-refractivity contribution in [3.05, 3.63) is 47.6 Å². The highest BCUT2D eigenvalue weighted by atomic mass is 19.1. The SMILES string of the molecule is CC1=C(c2ccnc(F)c2)CCC=C1. The maximum absolute atomic E-state index is 12.9. The highest BCUT2D eigenvalue weighted by Gasteiger charge is 2.08. The lowest BCUT2D eigenvalue weighted by atomic mass is 9.93. The van der Waals surface area contributed by atoms with Crippen LogP contribution in [0.3, 0.4) is 0 Å². The van der Waals surface area contributed by atoms with Crippen LogP contribution < -0.4 is 0 Å². The van der Waals surface area contributed by atoms with Crippen LogP contribution >= 0.6 is 0 Å². The molecule has 14 heavy (non-hydrogen) atoms. The summed E-state index contributed by atoms with van der Waals surface area (Å²) in [6.07, 6.45) is 7.79. The summed E-state index contributed by atoms with van der Waals surface area (Å²) in [5.41, 5.74) is 3.41. The predicted molar refractivity (Wildman–Crippen MR) is 55.2 cm³/mol. The van der Waals surface area contributed by atoms with Crippen molar-refractivity contribution in [3.8, 4) is 0 Å². The van der Waals surface area contributed by atoms with Crippen molar-refractivity contribution in [2.75, 3.05) is 0 Å². The number of nitrogens with zero attached hydrogens (tertiary/aromatic N) is 1. The fraction of sp³-hybridized carbons (Fsp3) is 0.250. The van der Waals surface area contributed by atoms with Crippen molar-refractivity contribution in [1.82, 2.24) is 4.98 Å². The first-order chi connectivity index (χ1) is 6.77. The van der Waals surface area contributed by atoms with Gasteiger partial charge in [-0.3, -0.25) is 0 Å². The molecule has 2 rings (SSSR count). The lowest BCUT2D eigenvalue weighted by Crippen LogP contribution is -1.94. The Morgan fingerprint density at radius 1 is 1.43 bits per heavy atom. The van der Waals surface area contributed by atoms with E-state index in [2.05, 4.69) is 24.1 Å². The van der Waals surface area contributed by atoms with E-state index in [0.29, 0.717) is 0 Å². The van der Waals surface area contributed by atoms with E-state index in [-0.39, 0.29) is 0 Å². The summed E-state index contributed by atoms with van der Waals surface area (Å²) in [6, 6.07) is 3.36. The molecule has 0 aromatic carbocycles. The quantitative estimate of drug-likeness (QED) is 0.617. The van der Waals surface area contributed by atoms with Crippen molar-refractivity contribution < 1.29 is 4.39 Å². The third-order valence-electron chi connectivity index (χ3n) is 2.48. The molecule has 0 amide bonds. The molecule has 0 saturated heterocycles. The lowest BCUT2D eigenvalue weighted by Gasteiger charge is -2.13. The molecule has 0 saturated carbocycles. The molecular formula is C12H12FN. The van der Waals surface area contributed by atoms with Crippen LogP contribution in [0.15, 0.2) is 36.1 Å². The first kappa shape index (κ1) is 9.13. The van der Waals surface area contributed by atoms with Gasteiger partial charge in [0.15, 0.2) is 0 Å². The van der Waals surface area contributed by atoms with Gasteiger partial charge >= 0.3 is 0 Å². The molecule has 0 atom stereocenters. The fourth-order valence-corrected chi connectivity index (χ4v) is 1.75. The smallest absolute Gasteiger partial charge is 0.213 e. The monoisotopic (exact) mass is 189 g/mol. The van der Waals surface area contributed by atoms with E-state index in [1.807, 2.05) is 6.07 Å². The molecule has 1 aliphatic rings. The van der Waals surface area contributed by atoms with Gasteiger partial charge in [-0.2, -0.15) is 4.39 Å². The van der Waals surface area contributed by atoms with Crippen LogP contribution in [0.5, 0.6) is 0 Å². The Morgan fingerprint density at radius 2 is 2.29 bits per heavy atom. The zero-order valence-electron chi connectivity index (χ0n) is 8.13. The van der Waals surface area contributed by atoms with Gasteiger partial charge in [0.05, 0.1) is 0 Å². The largest absolute Gasteiger partial charge is 0.228 e. The topological polar surface area (TPSA) is 12.9 Å². The maximum Gasteiger partial charge on any atom is 0.213 e. The van der Waals surface area contributed by atoms with Crippen molar-refractivity contribution in [2.45, 2.75) is 19.8 Å². The minimum Gasteiger partial charge on any atom is -0.228 e. The van der Waals surface area contributed by atoms with Crippen LogP contribution in [0.4, 0.5) is 4.39 Å². The second-order valence-electron chi connectivity index (χ2n) is 3.47. The summed E-state index contributed by atoms with van der Waals surface area (Å²) >= 11 is 0. The molecule has 2 heteroatoms. The van der Waals surface area contributed by atoms with Crippen LogP contribution in [0.1, 0.15) is 25.3 Å². The summed E-state index contributed by atoms with van der Waals surface area (Å²) in [4.78, 5) is 3.55. The molecule has 0 spiro atoms. The molecule has 1 aromatic heterocycles. The van der Waals surface area contributed by atoms with Gasteiger partial charge in [-0.25, -0.2) is 4.98 Å². The fourth-order valence-electron chi connectivity index (χ4n) is 1.75. The van der Waals surface area contributed by atoms with Gasteiger partial charge in [0.1, 0.15) is 0 Å². The molecule has 0 bridgehead atoms. The second kappa shape index (κ2) is 3.74. The zero-order valence-corrected chi connectivity index (χ0v) is 8.13. The summed E-state index contributed by atoms with van der Waals surface area (Å²) in [5.74, 6) is -0.405. The maximum atomic E-state index is 12.9. The predicted octanol–water partition coefficient (Wildman–Crippen LogP) is 3.34. The molecule has 1 nitrogen and oxygen atoms in total. The van der Waals surface area contributed by atoms with Crippen molar-refractivity contribution in [2.24, 2.45) is 0 Å². The molecule has 1 aromatic rings. The van der Waals surface area contributed by atoms with Gasteiger partial charge in [0.2, 0.25) is 5.95 Å². The average molecular weight is 189 g/mol. The normalized spacial score (nSPS) is 16.1. The van der Waals surface area contributed by atoms with Crippen LogP contribution in [-0.4, -0.2) is 4.98 Å². The molecular weight excluding hydrogens is 177 g/mol. The van der Waals surface area contributed by atoms with Crippen LogP contribution in [-0.2, 0) is 0 Å². The summed E-state index contributed by atoms with van der Waals surface area (Å²) in [7, 11) is 0. The molecule has 0 aliphatic heterocycles. The number of halogens is 1. The lowest BCUT2D eigenvalue weighted by molar-refractivity contribution is 0.583. The number of allylic oxidation sites excluding steroid dienone is 4. The van der Waals surface area contributed by atoms with E-state index in [1.54, 1.807) is 0 Å². The second-order valence-corrected chi connectivity index (χ2v) is 3.47. The van der Waals surface area contributed by atoms with Crippen LogP contribution in [0.25, 0.3) is 5.57 Å². The molecule has 0 unspecified atom stereocenters. The van der Waals surface area contributed by atoms with Crippen molar-refractivity contribution >= 4 is 5.57 Å². The molecule has 72 valence electrons. The van der Waals surface area contributed by atoms with Gasteiger partial charge < -0.3 is 0 Å². The Balaban J connectivity index is 2.44. The number of hydrogen-bond donors (Lipinski definition) is 0. The molecule has 0 fully saturated rings. The standard InChI is InChI=1S/C12H12FN/c1-9-4-2-3-5-11(9)10-6-7-14-12(13)8-10/h2,4,6-8H,3,5H2,1H3. The van der Waals surface area contributed by atoms with E-state index in [0.717, 1.165) is 18.4 Å². The Bertz CT molecular complexity index is 405. The summed E-state index contributed by atoms with van der Waals surface area (Å²) < 4.78 is 12.9. The van der Waals surface area contributed by atoms with Crippen molar-refractivity contribution in [1.29, 1.82) is 0 Å².